The highest BCUT2D eigenvalue weighted by atomic mass is 79.9. The zero-order valence-electron chi connectivity index (χ0n) is 8.34. The van der Waals surface area contributed by atoms with Crippen molar-refractivity contribution in [2.45, 2.75) is 6.54 Å². The summed E-state index contributed by atoms with van der Waals surface area (Å²) in [6.07, 6.45) is 0. The van der Waals surface area contributed by atoms with Crippen LogP contribution >= 0.6 is 28.1 Å². The van der Waals surface area contributed by atoms with Gasteiger partial charge < -0.3 is 5.73 Å². The molecular weight excluding hydrogens is 279 g/mol. The quantitative estimate of drug-likeness (QED) is 0.863. The molecule has 0 fully saturated rings. The molecule has 1 aromatic rings. The Morgan fingerprint density at radius 1 is 1.60 bits per heavy atom. The number of benzene rings is 1. The Balaban J connectivity index is 2.71. The Morgan fingerprint density at radius 2 is 2.27 bits per heavy atom. The Kier molecular flexibility index (Phi) is 4.63. The number of rotatable bonds is 4. The van der Waals surface area contributed by atoms with Crippen LogP contribution in [0.5, 0.6) is 0 Å². The molecule has 0 aliphatic carbocycles. The summed E-state index contributed by atoms with van der Waals surface area (Å²) in [5.41, 5.74) is 6.03. The maximum atomic E-state index is 13.4. The zero-order valence-corrected chi connectivity index (χ0v) is 10.7. The largest absolute Gasteiger partial charge is 0.392 e. The highest BCUT2D eigenvalue weighted by molar-refractivity contribution is 9.10. The van der Waals surface area contributed by atoms with E-state index in [0.717, 1.165) is 4.47 Å². The molecule has 15 heavy (non-hydrogen) atoms. The van der Waals surface area contributed by atoms with Gasteiger partial charge >= 0.3 is 0 Å². The third kappa shape index (κ3) is 4.24. The predicted molar refractivity (Wildman–Crippen MR) is 67.2 cm³/mol. The van der Waals surface area contributed by atoms with Crippen LogP contribution in [-0.2, 0) is 6.54 Å². The van der Waals surface area contributed by atoms with Gasteiger partial charge in [-0.15, -0.1) is 0 Å². The van der Waals surface area contributed by atoms with E-state index in [1.807, 2.05) is 11.9 Å². The fourth-order valence-corrected chi connectivity index (χ4v) is 1.91. The lowest BCUT2D eigenvalue weighted by molar-refractivity contribution is 0.366. The summed E-state index contributed by atoms with van der Waals surface area (Å²) in [4.78, 5) is 2.28. The van der Waals surface area contributed by atoms with Crippen molar-refractivity contribution in [1.29, 1.82) is 0 Å². The van der Waals surface area contributed by atoms with Crippen molar-refractivity contribution in [1.82, 2.24) is 4.90 Å². The smallest absolute Gasteiger partial charge is 0.127 e. The van der Waals surface area contributed by atoms with Crippen LogP contribution in [0.2, 0.25) is 0 Å². The molecule has 0 saturated heterocycles. The molecule has 1 aromatic carbocycles. The third-order valence-corrected chi connectivity index (χ3v) is 2.50. The molecule has 0 atom stereocenters. The molecule has 0 aliphatic heterocycles. The van der Waals surface area contributed by atoms with Gasteiger partial charge in [0.2, 0.25) is 0 Å². The van der Waals surface area contributed by atoms with Gasteiger partial charge in [-0.25, -0.2) is 4.39 Å². The average Bonchev–Trinajstić information content (AvgIpc) is 2.10. The monoisotopic (exact) mass is 290 g/mol. The molecule has 2 nitrogen and oxygen atoms in total. The maximum Gasteiger partial charge on any atom is 0.127 e. The second kappa shape index (κ2) is 5.53. The number of likely N-dealkylation sites (N-methyl/N-ethyl adjacent to an activating group) is 1. The van der Waals surface area contributed by atoms with Gasteiger partial charge in [0.1, 0.15) is 5.82 Å². The molecule has 0 aliphatic rings. The second-order valence-electron chi connectivity index (χ2n) is 3.37. The van der Waals surface area contributed by atoms with Crippen LogP contribution in [0.15, 0.2) is 22.7 Å². The minimum atomic E-state index is -0.215. The van der Waals surface area contributed by atoms with Gasteiger partial charge in [-0.05, 0) is 25.2 Å². The number of nitrogens with two attached hydrogens (primary N) is 1. The number of hydrogen-bond donors (Lipinski definition) is 1. The SMILES string of the molecule is CN(CC(N)=S)Cc1cc(Br)ccc1F. The summed E-state index contributed by atoms with van der Waals surface area (Å²) in [5, 5.41) is 0. The summed E-state index contributed by atoms with van der Waals surface area (Å²) in [6, 6.07) is 4.87. The minimum Gasteiger partial charge on any atom is -0.392 e. The first-order chi connectivity index (χ1) is 6.99. The standard InChI is InChI=1S/C10H12BrFN2S/c1-14(6-10(13)15)5-7-4-8(11)2-3-9(7)12/h2-4H,5-6H2,1H3,(H2,13,15). The molecule has 0 saturated carbocycles. The van der Waals surface area contributed by atoms with Crippen LogP contribution in [0, 0.1) is 5.82 Å². The van der Waals surface area contributed by atoms with Gasteiger partial charge in [0.05, 0.1) is 4.99 Å². The molecule has 0 aromatic heterocycles. The van der Waals surface area contributed by atoms with E-state index in [0.29, 0.717) is 23.6 Å². The molecule has 0 radical (unpaired) electrons. The highest BCUT2D eigenvalue weighted by Crippen LogP contribution is 2.16. The van der Waals surface area contributed by atoms with Gasteiger partial charge in [0.15, 0.2) is 0 Å². The summed E-state index contributed by atoms with van der Waals surface area (Å²) in [7, 11) is 1.85. The molecule has 5 heteroatoms. The van der Waals surface area contributed by atoms with E-state index in [9.17, 15) is 4.39 Å². The van der Waals surface area contributed by atoms with Crippen LogP contribution in [0.25, 0.3) is 0 Å². The molecule has 0 unspecified atom stereocenters. The fourth-order valence-electron chi connectivity index (χ4n) is 1.28. The lowest BCUT2D eigenvalue weighted by Gasteiger charge is -2.16. The predicted octanol–water partition coefficient (Wildman–Crippen LogP) is 2.31. The van der Waals surface area contributed by atoms with Crippen LogP contribution < -0.4 is 5.73 Å². The maximum absolute atomic E-state index is 13.4. The van der Waals surface area contributed by atoms with E-state index in [-0.39, 0.29) is 5.82 Å². The average molecular weight is 291 g/mol. The Bertz CT molecular complexity index is 370. The molecule has 2 N–H and O–H groups in total. The van der Waals surface area contributed by atoms with Crippen molar-refractivity contribution in [2.75, 3.05) is 13.6 Å². The number of hydrogen-bond acceptors (Lipinski definition) is 2. The first kappa shape index (κ1) is 12.5. The van der Waals surface area contributed by atoms with Gasteiger partial charge in [0.25, 0.3) is 0 Å². The topological polar surface area (TPSA) is 29.3 Å². The minimum absolute atomic E-state index is 0.215. The van der Waals surface area contributed by atoms with Gasteiger partial charge in [-0.1, -0.05) is 28.1 Å². The van der Waals surface area contributed by atoms with Crippen molar-refractivity contribution >= 4 is 33.1 Å². The van der Waals surface area contributed by atoms with Crippen molar-refractivity contribution in [3.8, 4) is 0 Å². The summed E-state index contributed by atoms with van der Waals surface area (Å²) in [5.74, 6) is -0.215. The van der Waals surface area contributed by atoms with Crippen molar-refractivity contribution in [3.05, 3.63) is 34.1 Å². The summed E-state index contributed by atoms with van der Waals surface area (Å²) in [6.45, 7) is 0.976. The lowest BCUT2D eigenvalue weighted by atomic mass is 10.2. The first-order valence-electron chi connectivity index (χ1n) is 4.40. The molecule has 0 amide bonds. The Morgan fingerprint density at radius 3 is 2.87 bits per heavy atom. The Labute approximate surface area is 102 Å². The van der Waals surface area contributed by atoms with E-state index in [2.05, 4.69) is 15.9 Å². The van der Waals surface area contributed by atoms with Gasteiger partial charge in [-0.3, -0.25) is 4.90 Å². The highest BCUT2D eigenvalue weighted by Gasteiger charge is 2.06. The van der Waals surface area contributed by atoms with E-state index >= 15 is 0 Å². The zero-order chi connectivity index (χ0) is 11.4. The van der Waals surface area contributed by atoms with E-state index < -0.39 is 0 Å². The Hall–Kier alpha value is -0.520. The van der Waals surface area contributed by atoms with Gasteiger partial charge in [0, 0.05) is 23.1 Å². The number of nitrogens with zero attached hydrogens (tertiary/aromatic N) is 1. The summed E-state index contributed by atoms with van der Waals surface area (Å²) < 4.78 is 14.2. The number of thiocarbonyl (C=S) groups is 1. The van der Waals surface area contributed by atoms with Crippen LogP contribution in [0.1, 0.15) is 5.56 Å². The van der Waals surface area contributed by atoms with Crippen molar-refractivity contribution in [3.63, 3.8) is 0 Å². The number of halogens is 2. The molecule has 0 spiro atoms. The van der Waals surface area contributed by atoms with E-state index in [4.69, 9.17) is 18.0 Å². The fraction of sp³-hybridized carbons (Fsp3) is 0.300. The van der Waals surface area contributed by atoms with E-state index in [1.165, 1.54) is 6.07 Å². The van der Waals surface area contributed by atoms with Gasteiger partial charge in [-0.2, -0.15) is 0 Å². The van der Waals surface area contributed by atoms with Crippen molar-refractivity contribution < 1.29 is 4.39 Å². The van der Waals surface area contributed by atoms with E-state index in [1.54, 1.807) is 12.1 Å². The normalized spacial score (nSPS) is 10.7. The van der Waals surface area contributed by atoms with Crippen molar-refractivity contribution in [2.24, 2.45) is 5.73 Å². The first-order valence-corrected chi connectivity index (χ1v) is 5.60. The van der Waals surface area contributed by atoms with Crippen LogP contribution in [-0.4, -0.2) is 23.5 Å². The molecule has 82 valence electrons. The molecular formula is C10H12BrFN2S. The summed E-state index contributed by atoms with van der Waals surface area (Å²) >= 11 is 8.08. The second-order valence-corrected chi connectivity index (χ2v) is 4.81. The third-order valence-electron chi connectivity index (χ3n) is 1.87. The van der Waals surface area contributed by atoms with Crippen LogP contribution in [0.3, 0.4) is 0 Å². The molecule has 1 rings (SSSR count). The molecule has 0 heterocycles. The van der Waals surface area contributed by atoms with Crippen LogP contribution in [0.4, 0.5) is 4.39 Å². The molecule has 0 bridgehead atoms. The lowest BCUT2D eigenvalue weighted by Crippen LogP contribution is -2.29.